The van der Waals surface area contributed by atoms with Crippen molar-refractivity contribution in [2.75, 3.05) is 16.3 Å². The van der Waals surface area contributed by atoms with E-state index in [0.717, 1.165) is 27.9 Å². The van der Waals surface area contributed by atoms with E-state index in [1.54, 1.807) is 47.1 Å². The highest BCUT2D eigenvalue weighted by Gasteiger charge is 2.18. The Hall–Kier alpha value is -2.88. The van der Waals surface area contributed by atoms with E-state index in [2.05, 4.69) is 15.1 Å². The lowest BCUT2D eigenvalue weighted by Gasteiger charge is -2.11. The number of hydrogen-bond acceptors (Lipinski definition) is 5. The molecule has 30 heavy (non-hydrogen) atoms. The molecule has 0 saturated carbocycles. The van der Waals surface area contributed by atoms with E-state index >= 15 is 0 Å². The second-order valence-electron chi connectivity index (χ2n) is 6.68. The van der Waals surface area contributed by atoms with Gasteiger partial charge in [0.25, 0.3) is 5.91 Å². The minimum atomic E-state index is -3.48. The lowest BCUT2D eigenvalue weighted by atomic mass is 10.2. The molecule has 4 aromatic rings. The zero-order valence-corrected chi connectivity index (χ0v) is 18.4. The number of aryl methyl sites for hydroxylation is 1. The monoisotopic (exact) mass is 460 g/mol. The van der Waals surface area contributed by atoms with Gasteiger partial charge in [0, 0.05) is 10.4 Å². The minimum absolute atomic E-state index is 0.304. The lowest BCUT2D eigenvalue weighted by Crippen LogP contribution is -2.15. The molecule has 0 saturated heterocycles. The maximum atomic E-state index is 12.9. The lowest BCUT2D eigenvalue weighted by molar-refractivity contribution is 0.103. The van der Waals surface area contributed by atoms with Crippen molar-refractivity contribution < 1.29 is 13.2 Å². The number of hydrogen-bond donors (Lipinski definition) is 2. The smallest absolute Gasteiger partial charge is 0.265 e. The van der Waals surface area contributed by atoms with Crippen LogP contribution in [0, 0.1) is 6.92 Å². The number of amides is 1. The average Bonchev–Trinajstić information content (AvgIpc) is 3.24. The van der Waals surface area contributed by atoms with Crippen molar-refractivity contribution in [1.82, 2.24) is 9.78 Å². The van der Waals surface area contributed by atoms with Crippen LogP contribution in [-0.4, -0.2) is 30.4 Å². The summed E-state index contributed by atoms with van der Waals surface area (Å²) in [6.45, 7) is 1.88. The van der Waals surface area contributed by atoms with Gasteiger partial charge < -0.3 is 5.32 Å². The molecular formula is C20H17ClN4O3S2. The van der Waals surface area contributed by atoms with E-state index in [1.165, 1.54) is 11.3 Å². The van der Waals surface area contributed by atoms with Crippen molar-refractivity contribution in [3.63, 3.8) is 0 Å². The van der Waals surface area contributed by atoms with Crippen molar-refractivity contribution in [3.8, 4) is 5.69 Å². The highest BCUT2D eigenvalue weighted by Crippen LogP contribution is 2.32. The second-order valence-corrected chi connectivity index (χ2v) is 9.89. The number of carbonyl (C=O) groups excluding carboxylic acids is 1. The van der Waals surface area contributed by atoms with Crippen LogP contribution < -0.4 is 10.0 Å². The molecule has 0 fully saturated rings. The van der Waals surface area contributed by atoms with Crippen LogP contribution in [0.15, 0.2) is 54.6 Å². The fourth-order valence-corrected chi connectivity index (χ4v) is 4.76. The molecule has 0 aliphatic heterocycles. The summed E-state index contributed by atoms with van der Waals surface area (Å²) in [5, 5.41) is 8.86. The molecule has 0 radical (unpaired) electrons. The number of anilines is 2. The molecule has 2 aromatic heterocycles. The topological polar surface area (TPSA) is 93.1 Å². The largest absolute Gasteiger partial charge is 0.319 e. The number of sulfonamides is 1. The van der Waals surface area contributed by atoms with Crippen LogP contribution in [0.5, 0.6) is 0 Å². The number of rotatable bonds is 5. The Morgan fingerprint density at radius 3 is 2.43 bits per heavy atom. The summed E-state index contributed by atoms with van der Waals surface area (Å²) in [7, 11) is -3.48. The van der Waals surface area contributed by atoms with Crippen LogP contribution in [0.4, 0.5) is 11.4 Å². The van der Waals surface area contributed by atoms with Crippen molar-refractivity contribution in [2.24, 2.45) is 0 Å². The van der Waals surface area contributed by atoms with Crippen molar-refractivity contribution >= 4 is 60.5 Å². The van der Waals surface area contributed by atoms with Gasteiger partial charge >= 0.3 is 0 Å². The van der Waals surface area contributed by atoms with E-state index < -0.39 is 10.0 Å². The molecular weight excluding hydrogens is 444 g/mol. The number of nitrogens with zero attached hydrogens (tertiary/aromatic N) is 2. The number of halogens is 1. The Kier molecular flexibility index (Phi) is 5.27. The van der Waals surface area contributed by atoms with Crippen LogP contribution in [0.2, 0.25) is 5.02 Å². The first-order chi connectivity index (χ1) is 14.2. The van der Waals surface area contributed by atoms with Crippen LogP contribution in [-0.2, 0) is 10.0 Å². The standard InChI is InChI=1S/C20H17ClN4O3S2/c1-12-15-11-18(29-20(15)25(23-12)14-9-7-13(21)8-10-14)19(26)22-16-5-3-4-6-17(16)24-30(2,27)28/h3-11,24H,1-2H3,(H,22,26). The third-order valence-corrected chi connectivity index (χ3v) is 6.26. The summed E-state index contributed by atoms with van der Waals surface area (Å²) in [6.07, 6.45) is 1.06. The molecule has 154 valence electrons. The molecule has 0 spiro atoms. The van der Waals surface area contributed by atoms with Gasteiger partial charge in [0.1, 0.15) is 4.83 Å². The number of carbonyl (C=O) groups is 1. The van der Waals surface area contributed by atoms with Crippen LogP contribution >= 0.6 is 22.9 Å². The number of thiophene rings is 1. The van der Waals surface area contributed by atoms with Crippen LogP contribution in [0.3, 0.4) is 0 Å². The van der Waals surface area contributed by atoms with Crippen LogP contribution in [0.1, 0.15) is 15.4 Å². The van der Waals surface area contributed by atoms with Gasteiger partial charge in [-0.25, -0.2) is 13.1 Å². The van der Waals surface area contributed by atoms with Gasteiger partial charge in [-0.15, -0.1) is 11.3 Å². The summed E-state index contributed by atoms with van der Waals surface area (Å²) >= 11 is 7.28. The fraction of sp³-hybridized carbons (Fsp3) is 0.100. The summed E-state index contributed by atoms with van der Waals surface area (Å²) in [6, 6.07) is 15.7. The SMILES string of the molecule is Cc1nn(-c2ccc(Cl)cc2)c2sc(C(=O)Nc3ccccc3NS(C)(=O)=O)cc12. The van der Waals surface area contributed by atoms with Gasteiger partial charge in [-0.3, -0.25) is 9.52 Å². The van der Waals surface area contributed by atoms with E-state index in [-0.39, 0.29) is 5.91 Å². The normalized spacial score (nSPS) is 11.6. The Balaban J connectivity index is 1.67. The van der Waals surface area contributed by atoms with Crippen molar-refractivity contribution in [3.05, 3.63) is 70.2 Å². The first-order valence-electron chi connectivity index (χ1n) is 8.84. The van der Waals surface area contributed by atoms with E-state index in [1.807, 2.05) is 19.1 Å². The number of nitrogens with one attached hydrogen (secondary N) is 2. The van der Waals surface area contributed by atoms with Gasteiger partial charge in [-0.2, -0.15) is 5.10 Å². The van der Waals surface area contributed by atoms with Gasteiger partial charge in [-0.05, 0) is 49.4 Å². The Morgan fingerprint density at radius 1 is 1.10 bits per heavy atom. The maximum Gasteiger partial charge on any atom is 0.265 e. The maximum absolute atomic E-state index is 12.9. The molecule has 2 aromatic carbocycles. The Morgan fingerprint density at radius 2 is 1.77 bits per heavy atom. The summed E-state index contributed by atoms with van der Waals surface area (Å²) in [4.78, 5) is 14.2. The molecule has 2 N–H and O–H groups in total. The van der Waals surface area contributed by atoms with E-state index in [4.69, 9.17) is 11.6 Å². The Labute approximate surface area is 182 Å². The number of aromatic nitrogens is 2. The van der Waals surface area contributed by atoms with E-state index in [9.17, 15) is 13.2 Å². The molecule has 0 bridgehead atoms. The molecule has 0 unspecified atom stereocenters. The second kappa shape index (κ2) is 7.75. The summed E-state index contributed by atoms with van der Waals surface area (Å²) in [5.74, 6) is -0.332. The molecule has 10 heteroatoms. The van der Waals surface area contributed by atoms with Gasteiger partial charge in [0.2, 0.25) is 10.0 Å². The quantitative estimate of drug-likeness (QED) is 0.452. The molecule has 1 amide bonds. The Bertz CT molecular complexity index is 1360. The highest BCUT2D eigenvalue weighted by molar-refractivity contribution is 7.92. The fourth-order valence-electron chi connectivity index (χ4n) is 2.98. The predicted molar refractivity (Wildman–Crippen MR) is 122 cm³/mol. The molecule has 7 nitrogen and oxygen atoms in total. The van der Waals surface area contributed by atoms with E-state index in [0.29, 0.717) is 21.3 Å². The third kappa shape index (κ3) is 4.18. The first-order valence-corrected chi connectivity index (χ1v) is 11.9. The number of fused-ring (bicyclic) bond motifs is 1. The molecule has 4 rings (SSSR count). The highest BCUT2D eigenvalue weighted by atomic mass is 35.5. The molecule has 2 heterocycles. The minimum Gasteiger partial charge on any atom is -0.319 e. The molecule has 0 aliphatic carbocycles. The number of para-hydroxylation sites is 2. The van der Waals surface area contributed by atoms with Gasteiger partial charge in [0.15, 0.2) is 0 Å². The first kappa shape index (κ1) is 20.4. The van der Waals surface area contributed by atoms with Gasteiger partial charge in [0.05, 0.1) is 33.9 Å². The summed E-state index contributed by atoms with van der Waals surface area (Å²) < 4.78 is 27.4. The third-order valence-electron chi connectivity index (χ3n) is 4.31. The van der Waals surface area contributed by atoms with Gasteiger partial charge in [-0.1, -0.05) is 23.7 Å². The van der Waals surface area contributed by atoms with Crippen LogP contribution in [0.25, 0.3) is 15.9 Å². The van der Waals surface area contributed by atoms with Crippen molar-refractivity contribution in [1.29, 1.82) is 0 Å². The predicted octanol–water partition coefficient (Wildman–Crippen LogP) is 4.67. The summed E-state index contributed by atoms with van der Waals surface area (Å²) in [5.41, 5.74) is 2.32. The van der Waals surface area contributed by atoms with Crippen molar-refractivity contribution in [2.45, 2.75) is 6.92 Å². The number of benzene rings is 2. The average molecular weight is 461 g/mol. The molecule has 0 aliphatic rings. The zero-order valence-electron chi connectivity index (χ0n) is 16.0. The zero-order chi connectivity index (χ0) is 21.5. The molecule has 0 atom stereocenters.